The highest BCUT2D eigenvalue weighted by atomic mass is 79.9. The summed E-state index contributed by atoms with van der Waals surface area (Å²) in [7, 11) is 0. The van der Waals surface area contributed by atoms with E-state index in [1.807, 2.05) is 54.6 Å². The second kappa shape index (κ2) is 9.19. The molecule has 0 aliphatic rings. The van der Waals surface area contributed by atoms with E-state index < -0.39 is 0 Å². The van der Waals surface area contributed by atoms with Gasteiger partial charge in [-0.25, -0.2) is 10.1 Å². The van der Waals surface area contributed by atoms with Gasteiger partial charge in [-0.1, -0.05) is 54.2 Å². The highest BCUT2D eigenvalue weighted by molar-refractivity contribution is 9.10. The molecule has 2 aromatic carbocycles. The minimum atomic E-state index is -0.175. The number of hydrazone groups is 1. The van der Waals surface area contributed by atoms with Gasteiger partial charge >= 0.3 is 0 Å². The highest BCUT2D eigenvalue weighted by Gasteiger charge is 2.12. The van der Waals surface area contributed by atoms with Crippen molar-refractivity contribution in [2.75, 3.05) is 22.3 Å². The molecule has 138 valence electrons. The lowest BCUT2D eigenvalue weighted by atomic mass is 10.2. The molecule has 3 rings (SSSR count). The number of benzene rings is 2. The van der Waals surface area contributed by atoms with Gasteiger partial charge in [0.1, 0.15) is 0 Å². The van der Waals surface area contributed by atoms with Gasteiger partial charge in [-0.3, -0.25) is 4.79 Å². The first-order valence-electron chi connectivity index (χ1n) is 7.85. The molecular weight excluding hydrogens is 430 g/mol. The Kier molecular flexibility index (Phi) is 6.44. The van der Waals surface area contributed by atoms with Gasteiger partial charge < -0.3 is 11.2 Å². The summed E-state index contributed by atoms with van der Waals surface area (Å²) in [6.07, 6.45) is 1.65. The fraction of sp³-hybridized carbons (Fsp3) is 0.0588. The molecule has 0 radical (unpaired) electrons. The first-order chi connectivity index (χ1) is 13.1. The fourth-order valence-corrected chi connectivity index (χ4v) is 3.07. The van der Waals surface area contributed by atoms with Crippen molar-refractivity contribution >= 4 is 51.4 Å². The summed E-state index contributed by atoms with van der Waals surface area (Å²) in [5.41, 5.74) is 4.37. The van der Waals surface area contributed by atoms with E-state index in [1.54, 1.807) is 6.21 Å². The Hall–Kier alpha value is -2.85. The first-order valence-corrected chi connectivity index (χ1v) is 9.63. The molecular formula is C17H16BrN7OS. The Morgan fingerprint density at radius 3 is 2.70 bits per heavy atom. The van der Waals surface area contributed by atoms with Crippen LogP contribution in [0.1, 0.15) is 5.56 Å². The maximum atomic E-state index is 12.1. The Morgan fingerprint density at radius 2 is 1.93 bits per heavy atom. The summed E-state index contributed by atoms with van der Waals surface area (Å²) in [6, 6.07) is 17.0. The fourth-order valence-electron chi connectivity index (χ4n) is 2.03. The van der Waals surface area contributed by atoms with Gasteiger partial charge in [-0.2, -0.15) is 5.10 Å². The second-order valence-electron chi connectivity index (χ2n) is 5.27. The summed E-state index contributed by atoms with van der Waals surface area (Å²) < 4.78 is 2.06. The van der Waals surface area contributed by atoms with E-state index in [2.05, 4.69) is 42.0 Å². The van der Waals surface area contributed by atoms with Crippen LogP contribution in [0.2, 0.25) is 0 Å². The summed E-state index contributed by atoms with van der Waals surface area (Å²) in [5, 5.41) is 15.2. The maximum absolute atomic E-state index is 12.1. The van der Waals surface area contributed by atoms with Crippen LogP contribution in [-0.4, -0.2) is 32.7 Å². The van der Waals surface area contributed by atoms with Crippen molar-refractivity contribution in [1.82, 2.24) is 14.9 Å². The average molecular weight is 446 g/mol. The van der Waals surface area contributed by atoms with Crippen molar-refractivity contribution < 1.29 is 4.79 Å². The minimum absolute atomic E-state index is 0.143. The third-order valence-corrected chi connectivity index (χ3v) is 4.96. The van der Waals surface area contributed by atoms with Gasteiger partial charge in [0, 0.05) is 4.47 Å². The van der Waals surface area contributed by atoms with E-state index in [0.717, 1.165) is 10.0 Å². The Balaban J connectivity index is 1.53. The number of thioether (sulfide) groups is 1. The van der Waals surface area contributed by atoms with Crippen LogP contribution < -0.4 is 16.6 Å². The predicted octanol–water partition coefficient (Wildman–Crippen LogP) is 2.93. The number of anilines is 2. The topological polar surface area (TPSA) is 110 Å². The molecule has 0 atom stereocenters. The molecule has 10 heteroatoms. The van der Waals surface area contributed by atoms with Gasteiger partial charge in [-0.05, 0) is 33.6 Å². The number of amides is 1. The number of aromatic nitrogens is 3. The van der Waals surface area contributed by atoms with Gasteiger partial charge in [0.2, 0.25) is 11.1 Å². The number of rotatable bonds is 7. The summed E-state index contributed by atoms with van der Waals surface area (Å²) >= 11 is 4.56. The summed E-state index contributed by atoms with van der Waals surface area (Å²) in [6.45, 7) is 0. The van der Waals surface area contributed by atoms with Crippen LogP contribution in [0.5, 0.6) is 0 Å². The zero-order chi connectivity index (χ0) is 19.1. The lowest BCUT2D eigenvalue weighted by Gasteiger charge is -2.06. The number of nitrogen functional groups attached to an aromatic ring is 1. The van der Waals surface area contributed by atoms with E-state index in [0.29, 0.717) is 10.8 Å². The van der Waals surface area contributed by atoms with Crippen LogP contribution in [0.15, 0.2) is 69.3 Å². The quantitative estimate of drug-likeness (QED) is 0.223. The molecule has 0 aliphatic heterocycles. The smallest absolute Gasteiger partial charge is 0.264 e. The predicted molar refractivity (Wildman–Crippen MR) is 111 cm³/mol. The number of nitrogens with two attached hydrogens (primary N) is 1. The molecule has 1 aromatic heterocycles. The molecule has 8 nitrogen and oxygen atoms in total. The number of nitrogens with zero attached hydrogens (tertiary/aromatic N) is 4. The van der Waals surface area contributed by atoms with Crippen molar-refractivity contribution in [2.24, 2.45) is 5.10 Å². The van der Waals surface area contributed by atoms with Crippen LogP contribution in [-0.2, 0) is 4.79 Å². The molecule has 0 aliphatic carbocycles. The van der Waals surface area contributed by atoms with E-state index in [-0.39, 0.29) is 17.6 Å². The number of carbonyl (C=O) groups excluding carboxylic acids is 1. The normalized spacial score (nSPS) is 10.9. The Morgan fingerprint density at radius 1 is 1.19 bits per heavy atom. The lowest BCUT2D eigenvalue weighted by molar-refractivity contribution is -0.113. The van der Waals surface area contributed by atoms with Gasteiger partial charge in [0.15, 0.2) is 0 Å². The van der Waals surface area contributed by atoms with Gasteiger partial charge in [0.05, 0.1) is 17.7 Å². The molecule has 27 heavy (non-hydrogen) atoms. The summed E-state index contributed by atoms with van der Waals surface area (Å²) in [5.74, 6) is 6.18. The molecule has 0 saturated heterocycles. The lowest BCUT2D eigenvalue weighted by Crippen LogP contribution is -2.17. The van der Waals surface area contributed by atoms with Crippen molar-refractivity contribution in [3.05, 3.63) is 64.6 Å². The van der Waals surface area contributed by atoms with Gasteiger partial charge in [-0.15, -0.1) is 10.2 Å². The van der Waals surface area contributed by atoms with Gasteiger partial charge in [0.25, 0.3) is 5.95 Å². The van der Waals surface area contributed by atoms with Crippen molar-refractivity contribution in [2.45, 2.75) is 5.16 Å². The Bertz CT molecular complexity index is 945. The maximum Gasteiger partial charge on any atom is 0.264 e. The molecule has 1 amide bonds. The number of halogens is 1. The molecule has 0 fully saturated rings. The molecule has 0 unspecified atom stereocenters. The third-order valence-electron chi connectivity index (χ3n) is 3.32. The van der Waals surface area contributed by atoms with Crippen LogP contribution in [0.25, 0.3) is 0 Å². The Labute approximate surface area is 168 Å². The number of nitrogens with one attached hydrogen (secondary N) is 2. The highest BCUT2D eigenvalue weighted by Crippen LogP contribution is 2.22. The average Bonchev–Trinajstić information content (AvgIpc) is 3.03. The van der Waals surface area contributed by atoms with Crippen molar-refractivity contribution in [3.8, 4) is 0 Å². The minimum Gasteiger partial charge on any atom is -0.334 e. The monoisotopic (exact) mass is 445 g/mol. The second-order valence-corrected chi connectivity index (χ2v) is 7.07. The largest absolute Gasteiger partial charge is 0.334 e. The molecule has 1 heterocycles. The molecule has 0 bridgehead atoms. The number of para-hydroxylation sites is 1. The third kappa shape index (κ3) is 5.31. The standard InChI is InChI=1S/C17H16BrN7OS/c18-13-8-4-5-9-14(13)21-15(26)11-27-17-24-23-16(25(17)19)22-20-10-12-6-2-1-3-7-12/h1-10H,11,19H2,(H,21,26)(H,22,23)/b20-10+. The number of carbonyl (C=O) groups is 1. The molecule has 0 saturated carbocycles. The van der Waals surface area contributed by atoms with E-state index in [4.69, 9.17) is 5.84 Å². The zero-order valence-corrected chi connectivity index (χ0v) is 16.4. The van der Waals surface area contributed by atoms with Crippen molar-refractivity contribution in [1.29, 1.82) is 0 Å². The van der Waals surface area contributed by atoms with E-state index >= 15 is 0 Å². The molecule has 4 N–H and O–H groups in total. The number of hydrogen-bond donors (Lipinski definition) is 3. The summed E-state index contributed by atoms with van der Waals surface area (Å²) in [4.78, 5) is 12.1. The molecule has 0 spiro atoms. The van der Waals surface area contributed by atoms with E-state index in [9.17, 15) is 4.79 Å². The SMILES string of the molecule is Nn1c(N/N=C/c2ccccc2)nnc1SCC(=O)Nc1ccccc1Br. The van der Waals surface area contributed by atoms with Crippen LogP contribution in [0.3, 0.4) is 0 Å². The van der Waals surface area contributed by atoms with Crippen molar-refractivity contribution in [3.63, 3.8) is 0 Å². The first kappa shape index (κ1) is 18.9. The van der Waals surface area contributed by atoms with Crippen LogP contribution in [0, 0.1) is 0 Å². The number of hydrogen-bond acceptors (Lipinski definition) is 7. The van der Waals surface area contributed by atoms with Crippen LogP contribution >= 0.6 is 27.7 Å². The molecule has 3 aromatic rings. The van der Waals surface area contributed by atoms with E-state index in [1.165, 1.54) is 16.4 Å². The zero-order valence-electron chi connectivity index (χ0n) is 14.0. The van der Waals surface area contributed by atoms with Crippen LogP contribution in [0.4, 0.5) is 11.6 Å².